The van der Waals surface area contributed by atoms with Crippen LogP contribution < -0.4 is 10.6 Å². The number of amides is 1. The predicted octanol–water partition coefficient (Wildman–Crippen LogP) is 4.55. The summed E-state index contributed by atoms with van der Waals surface area (Å²) in [5, 5.41) is 6.64. The summed E-state index contributed by atoms with van der Waals surface area (Å²) in [6.07, 6.45) is 0. The monoisotopic (exact) mass is 352 g/mol. The molecule has 0 aliphatic carbocycles. The molecule has 0 saturated carbocycles. The highest BCUT2D eigenvalue weighted by molar-refractivity contribution is 6.40. The van der Waals surface area contributed by atoms with Crippen molar-refractivity contribution in [3.8, 4) is 0 Å². The van der Waals surface area contributed by atoms with E-state index in [4.69, 9.17) is 23.2 Å². The number of benzene rings is 1. The molecule has 2 rings (SSSR count). The van der Waals surface area contributed by atoms with Gasteiger partial charge < -0.3 is 10.6 Å². The van der Waals surface area contributed by atoms with Gasteiger partial charge in [-0.05, 0) is 39.8 Å². The number of carbonyl (C=O) groups is 1. The van der Waals surface area contributed by atoms with Gasteiger partial charge in [0.2, 0.25) is 0 Å². The zero-order valence-corrected chi connectivity index (χ0v) is 14.9. The Morgan fingerprint density at radius 3 is 2.30 bits per heavy atom. The van der Waals surface area contributed by atoms with Crippen molar-refractivity contribution in [2.75, 3.05) is 10.6 Å². The van der Waals surface area contributed by atoms with Gasteiger partial charge in [0, 0.05) is 11.6 Å². The third-order valence-electron chi connectivity index (χ3n) is 2.77. The lowest BCUT2D eigenvalue weighted by Crippen LogP contribution is -2.27. The number of carbonyl (C=O) groups excluding carboxylic acids is 1. The van der Waals surface area contributed by atoms with Crippen LogP contribution in [-0.4, -0.2) is 21.4 Å². The summed E-state index contributed by atoms with van der Waals surface area (Å²) >= 11 is 12.1. The van der Waals surface area contributed by atoms with E-state index in [0.29, 0.717) is 27.4 Å². The minimum Gasteiger partial charge on any atom is -0.365 e. The van der Waals surface area contributed by atoms with Gasteiger partial charge in [0.05, 0.1) is 15.7 Å². The van der Waals surface area contributed by atoms with Crippen LogP contribution in [0.15, 0.2) is 24.3 Å². The van der Waals surface area contributed by atoms with Gasteiger partial charge in [-0.25, -0.2) is 9.97 Å². The molecule has 0 atom stereocenters. The fourth-order valence-corrected chi connectivity index (χ4v) is 2.42. The first-order valence-corrected chi connectivity index (χ1v) is 7.80. The second kappa shape index (κ2) is 6.72. The number of nitrogens with zero attached hydrogens (tertiary/aromatic N) is 2. The van der Waals surface area contributed by atoms with E-state index in [2.05, 4.69) is 20.6 Å². The first-order chi connectivity index (χ1) is 10.7. The van der Waals surface area contributed by atoms with Gasteiger partial charge in [0.25, 0.3) is 5.91 Å². The lowest BCUT2D eigenvalue weighted by atomic mass is 10.1. The Hall–Kier alpha value is -1.85. The summed E-state index contributed by atoms with van der Waals surface area (Å²) in [4.78, 5) is 20.9. The molecule has 0 unspecified atom stereocenters. The van der Waals surface area contributed by atoms with Crippen molar-refractivity contribution in [3.05, 3.63) is 45.8 Å². The average Bonchev–Trinajstić information content (AvgIpc) is 2.40. The largest absolute Gasteiger partial charge is 0.365 e. The molecule has 1 amide bonds. The van der Waals surface area contributed by atoms with Gasteiger partial charge in [-0.1, -0.05) is 29.3 Å². The van der Waals surface area contributed by atoms with E-state index in [1.54, 1.807) is 31.2 Å². The molecule has 0 aliphatic heterocycles. The summed E-state index contributed by atoms with van der Waals surface area (Å²) in [6.45, 7) is 7.75. The van der Waals surface area contributed by atoms with E-state index in [1.165, 1.54) is 0 Å². The number of anilines is 2. The number of nitrogens with one attached hydrogen (secondary N) is 2. The maximum Gasteiger partial charge on any atom is 0.274 e. The quantitative estimate of drug-likeness (QED) is 0.849. The van der Waals surface area contributed by atoms with Crippen molar-refractivity contribution in [2.24, 2.45) is 0 Å². The first-order valence-electron chi connectivity index (χ1n) is 7.05. The highest BCUT2D eigenvalue weighted by atomic mass is 35.5. The van der Waals surface area contributed by atoms with E-state index in [-0.39, 0.29) is 11.2 Å². The molecule has 0 fully saturated rings. The Morgan fingerprint density at radius 1 is 1.13 bits per heavy atom. The van der Waals surface area contributed by atoms with Gasteiger partial charge in [-0.2, -0.15) is 0 Å². The van der Waals surface area contributed by atoms with E-state index < -0.39 is 5.91 Å². The first kappa shape index (κ1) is 17.5. The summed E-state index contributed by atoms with van der Waals surface area (Å²) in [6, 6.07) is 6.61. The summed E-state index contributed by atoms with van der Waals surface area (Å²) in [5.41, 5.74) is 0.420. The maximum absolute atomic E-state index is 12.4. The second-order valence-corrected chi connectivity index (χ2v) is 6.93. The summed E-state index contributed by atoms with van der Waals surface area (Å²) in [5.74, 6) is 0.678. The molecule has 122 valence electrons. The van der Waals surface area contributed by atoms with Crippen LogP contribution in [-0.2, 0) is 0 Å². The number of hydrogen-bond acceptors (Lipinski definition) is 4. The Balaban J connectivity index is 2.29. The maximum atomic E-state index is 12.4. The molecule has 0 saturated heterocycles. The van der Waals surface area contributed by atoms with Crippen molar-refractivity contribution >= 4 is 40.6 Å². The molecule has 5 nitrogen and oxygen atoms in total. The minimum absolute atomic E-state index is 0.180. The summed E-state index contributed by atoms with van der Waals surface area (Å²) in [7, 11) is 0. The number of halogens is 2. The van der Waals surface area contributed by atoms with Crippen molar-refractivity contribution in [3.63, 3.8) is 0 Å². The molecule has 0 radical (unpaired) electrons. The van der Waals surface area contributed by atoms with Gasteiger partial charge in [0.1, 0.15) is 17.3 Å². The molecule has 0 bridgehead atoms. The lowest BCUT2D eigenvalue weighted by Gasteiger charge is -2.21. The summed E-state index contributed by atoms with van der Waals surface area (Å²) < 4.78 is 0. The van der Waals surface area contributed by atoms with Crippen LogP contribution in [0.1, 0.15) is 37.1 Å². The Bertz CT molecular complexity index is 721. The SMILES string of the molecule is Cc1nc(NC(C)(C)C)cc(C(=O)Nc2c(Cl)cccc2Cl)n1. The van der Waals surface area contributed by atoms with Crippen LogP contribution in [0.3, 0.4) is 0 Å². The average molecular weight is 353 g/mol. The molecule has 1 aromatic heterocycles. The van der Waals surface area contributed by atoms with Gasteiger partial charge in [0.15, 0.2) is 0 Å². The molecule has 2 aromatic rings. The fraction of sp³-hybridized carbons (Fsp3) is 0.312. The number of para-hydroxylation sites is 1. The van der Waals surface area contributed by atoms with Crippen molar-refractivity contribution in [2.45, 2.75) is 33.2 Å². The third kappa shape index (κ3) is 4.81. The normalized spacial score (nSPS) is 11.2. The van der Waals surface area contributed by atoms with Crippen LogP contribution in [0.2, 0.25) is 10.0 Å². The minimum atomic E-state index is -0.401. The molecular formula is C16H18Cl2N4O. The second-order valence-electron chi connectivity index (χ2n) is 6.11. The Morgan fingerprint density at radius 2 is 1.74 bits per heavy atom. The van der Waals surface area contributed by atoms with Gasteiger partial charge in [-0.3, -0.25) is 4.79 Å². The van der Waals surface area contributed by atoms with Crippen molar-refractivity contribution in [1.82, 2.24) is 9.97 Å². The van der Waals surface area contributed by atoms with Crippen LogP contribution in [0.4, 0.5) is 11.5 Å². The zero-order chi connectivity index (χ0) is 17.2. The van der Waals surface area contributed by atoms with Crippen LogP contribution >= 0.6 is 23.2 Å². The topological polar surface area (TPSA) is 66.9 Å². The van der Waals surface area contributed by atoms with E-state index in [0.717, 1.165) is 0 Å². The molecule has 1 heterocycles. The number of aryl methyl sites for hydroxylation is 1. The molecular weight excluding hydrogens is 335 g/mol. The standard InChI is InChI=1S/C16H18Cl2N4O/c1-9-19-12(8-13(20-9)22-16(2,3)4)15(23)21-14-10(17)6-5-7-11(14)18/h5-8H,1-4H3,(H,21,23)(H,19,20,22). The number of hydrogen-bond donors (Lipinski definition) is 2. The predicted molar refractivity (Wildman–Crippen MR) is 94.6 cm³/mol. The van der Waals surface area contributed by atoms with Crippen molar-refractivity contribution in [1.29, 1.82) is 0 Å². The van der Waals surface area contributed by atoms with Gasteiger partial charge in [-0.15, -0.1) is 0 Å². The Kier molecular flexibility index (Phi) is 5.12. The number of rotatable bonds is 3. The van der Waals surface area contributed by atoms with Gasteiger partial charge >= 0.3 is 0 Å². The number of aromatic nitrogens is 2. The van der Waals surface area contributed by atoms with E-state index >= 15 is 0 Å². The highest BCUT2D eigenvalue weighted by Gasteiger charge is 2.16. The third-order valence-corrected chi connectivity index (χ3v) is 3.40. The van der Waals surface area contributed by atoms with Crippen LogP contribution in [0.5, 0.6) is 0 Å². The molecule has 1 aromatic carbocycles. The smallest absolute Gasteiger partial charge is 0.274 e. The van der Waals surface area contributed by atoms with E-state index in [1.807, 2.05) is 20.8 Å². The molecule has 0 aliphatic rings. The molecule has 7 heteroatoms. The lowest BCUT2D eigenvalue weighted by molar-refractivity contribution is 0.102. The van der Waals surface area contributed by atoms with Crippen LogP contribution in [0.25, 0.3) is 0 Å². The molecule has 23 heavy (non-hydrogen) atoms. The molecule has 0 spiro atoms. The highest BCUT2D eigenvalue weighted by Crippen LogP contribution is 2.30. The molecule has 2 N–H and O–H groups in total. The van der Waals surface area contributed by atoms with E-state index in [9.17, 15) is 4.79 Å². The Labute approximate surface area is 145 Å². The van der Waals surface area contributed by atoms with Crippen LogP contribution in [0, 0.1) is 6.92 Å². The zero-order valence-electron chi connectivity index (χ0n) is 13.4. The fourth-order valence-electron chi connectivity index (χ4n) is 1.93. The van der Waals surface area contributed by atoms with Crippen molar-refractivity contribution < 1.29 is 4.79 Å².